The van der Waals surface area contributed by atoms with Crippen LogP contribution in [0.5, 0.6) is 0 Å². The molecule has 1 saturated heterocycles. The second-order valence-corrected chi connectivity index (χ2v) is 9.54. The minimum Gasteiger partial charge on any atom is -0.444 e. The van der Waals surface area contributed by atoms with Gasteiger partial charge in [0.05, 0.1) is 16.8 Å². The molecule has 1 atom stereocenters. The highest BCUT2D eigenvalue weighted by Gasteiger charge is 2.51. The molecule has 36 heavy (non-hydrogen) atoms. The Morgan fingerprint density at radius 1 is 0.806 bits per heavy atom. The summed E-state index contributed by atoms with van der Waals surface area (Å²) in [4.78, 5) is 25.8. The molecule has 0 bridgehead atoms. The lowest BCUT2D eigenvalue weighted by atomic mass is 9.79. The number of nitrogens with one attached hydrogen (secondary N) is 1. The van der Waals surface area contributed by atoms with Crippen LogP contribution >= 0.6 is 0 Å². The van der Waals surface area contributed by atoms with Gasteiger partial charge in [-0.25, -0.2) is 13.6 Å². The summed E-state index contributed by atoms with van der Waals surface area (Å²) in [5, 5.41) is 2.72. The maximum absolute atomic E-state index is 13.5. The van der Waals surface area contributed by atoms with Crippen molar-refractivity contribution in [1.29, 1.82) is 0 Å². The molecule has 186 valence electrons. The third kappa shape index (κ3) is 5.47. The monoisotopic (exact) mass is 493 g/mol. The standard InChI is InChI=1S/C27H26BF2NO5/c1-26(2)27(3,4)36-28(35-26)19-9-15-22(16-10-19)31-24(32)23(17-5-11-20(29)12-6-17)34-25(33)18-7-13-21(30)14-8-18/h5-16,23H,1-4H3,(H,31,32). The molecule has 6 nitrogen and oxygen atoms in total. The Kier molecular flexibility index (Phi) is 6.97. The number of benzene rings is 3. The van der Waals surface area contributed by atoms with E-state index in [1.165, 1.54) is 36.4 Å². The van der Waals surface area contributed by atoms with Gasteiger partial charge in [-0.2, -0.15) is 0 Å². The van der Waals surface area contributed by atoms with Crippen molar-refractivity contribution in [2.45, 2.75) is 45.0 Å². The summed E-state index contributed by atoms with van der Waals surface area (Å²) in [7, 11) is -0.552. The Bertz CT molecular complexity index is 1230. The Labute approximate surface area is 208 Å². The molecule has 0 aliphatic carbocycles. The van der Waals surface area contributed by atoms with E-state index in [1.54, 1.807) is 24.3 Å². The number of esters is 1. The van der Waals surface area contributed by atoms with Crippen LogP contribution in [0.3, 0.4) is 0 Å². The lowest BCUT2D eigenvalue weighted by Crippen LogP contribution is -2.41. The molecule has 0 aromatic heterocycles. The molecule has 1 amide bonds. The summed E-state index contributed by atoms with van der Waals surface area (Å²) in [6.45, 7) is 7.85. The second-order valence-electron chi connectivity index (χ2n) is 9.54. The first kappa shape index (κ1) is 25.5. The fourth-order valence-corrected chi connectivity index (χ4v) is 3.58. The van der Waals surface area contributed by atoms with Crippen LogP contribution in [0, 0.1) is 11.6 Å². The van der Waals surface area contributed by atoms with Gasteiger partial charge in [0.1, 0.15) is 11.6 Å². The van der Waals surface area contributed by atoms with Crippen LogP contribution in [0.25, 0.3) is 0 Å². The lowest BCUT2D eigenvalue weighted by Gasteiger charge is -2.32. The average Bonchev–Trinajstić information content (AvgIpc) is 3.05. The van der Waals surface area contributed by atoms with Crippen LogP contribution in [-0.4, -0.2) is 30.2 Å². The number of halogens is 2. The first-order valence-electron chi connectivity index (χ1n) is 11.4. The summed E-state index contributed by atoms with van der Waals surface area (Å²) in [5.41, 5.74) is 0.610. The van der Waals surface area contributed by atoms with Crippen LogP contribution in [0.4, 0.5) is 14.5 Å². The third-order valence-corrected chi connectivity index (χ3v) is 6.42. The van der Waals surface area contributed by atoms with Crippen LogP contribution in [0.15, 0.2) is 72.8 Å². The van der Waals surface area contributed by atoms with E-state index in [0.29, 0.717) is 5.69 Å². The van der Waals surface area contributed by atoms with Crippen molar-refractivity contribution in [2.24, 2.45) is 0 Å². The quantitative estimate of drug-likeness (QED) is 0.395. The summed E-state index contributed by atoms with van der Waals surface area (Å²) >= 11 is 0. The van der Waals surface area contributed by atoms with Crippen molar-refractivity contribution in [3.63, 3.8) is 0 Å². The van der Waals surface area contributed by atoms with Gasteiger partial charge in [-0.1, -0.05) is 24.3 Å². The van der Waals surface area contributed by atoms with Gasteiger partial charge in [-0.15, -0.1) is 0 Å². The number of anilines is 1. The van der Waals surface area contributed by atoms with Gasteiger partial charge in [0.15, 0.2) is 0 Å². The number of carbonyl (C=O) groups is 2. The average molecular weight is 493 g/mol. The molecule has 4 rings (SSSR count). The van der Waals surface area contributed by atoms with Gasteiger partial charge < -0.3 is 19.4 Å². The molecule has 1 fully saturated rings. The van der Waals surface area contributed by atoms with E-state index in [-0.39, 0.29) is 11.1 Å². The number of hydrogen-bond donors (Lipinski definition) is 1. The Morgan fingerprint density at radius 2 is 1.31 bits per heavy atom. The predicted octanol–water partition coefficient (Wildman–Crippen LogP) is 4.80. The highest BCUT2D eigenvalue weighted by atomic mass is 19.1. The molecule has 3 aromatic carbocycles. The largest absolute Gasteiger partial charge is 0.494 e. The van der Waals surface area contributed by atoms with Gasteiger partial charge in [-0.3, -0.25) is 4.79 Å². The summed E-state index contributed by atoms with van der Waals surface area (Å²) in [6.07, 6.45) is -1.37. The second kappa shape index (κ2) is 9.83. The Hall–Kier alpha value is -3.56. The van der Waals surface area contributed by atoms with E-state index < -0.39 is 47.9 Å². The maximum atomic E-state index is 13.5. The molecule has 1 aliphatic heterocycles. The first-order chi connectivity index (χ1) is 16.9. The first-order valence-corrected chi connectivity index (χ1v) is 11.4. The van der Waals surface area contributed by atoms with E-state index in [0.717, 1.165) is 17.6 Å². The Balaban J connectivity index is 1.51. The molecule has 1 heterocycles. The molecule has 9 heteroatoms. The molecular formula is C27H26BF2NO5. The van der Waals surface area contributed by atoms with Gasteiger partial charge in [0.25, 0.3) is 5.91 Å². The molecule has 1 N–H and O–H groups in total. The van der Waals surface area contributed by atoms with Crippen LogP contribution < -0.4 is 10.8 Å². The van der Waals surface area contributed by atoms with Gasteiger partial charge >= 0.3 is 13.1 Å². The fraction of sp³-hybridized carbons (Fsp3) is 0.259. The van der Waals surface area contributed by atoms with Crippen molar-refractivity contribution in [3.05, 3.63) is 95.6 Å². The minimum atomic E-state index is -1.37. The maximum Gasteiger partial charge on any atom is 0.494 e. The third-order valence-electron chi connectivity index (χ3n) is 6.42. The Morgan fingerprint density at radius 3 is 1.83 bits per heavy atom. The van der Waals surface area contributed by atoms with Crippen molar-refractivity contribution >= 4 is 30.1 Å². The van der Waals surface area contributed by atoms with Crippen LogP contribution in [0.1, 0.15) is 49.7 Å². The van der Waals surface area contributed by atoms with E-state index >= 15 is 0 Å². The number of carbonyl (C=O) groups excluding carboxylic acids is 2. The van der Waals surface area contributed by atoms with Gasteiger partial charge in [0.2, 0.25) is 6.10 Å². The smallest absolute Gasteiger partial charge is 0.444 e. The predicted molar refractivity (Wildman–Crippen MR) is 132 cm³/mol. The number of amides is 1. The SMILES string of the molecule is CC1(C)OB(c2ccc(NC(=O)C(OC(=O)c3ccc(F)cc3)c3ccc(F)cc3)cc2)OC1(C)C. The van der Waals surface area contributed by atoms with Crippen molar-refractivity contribution in [1.82, 2.24) is 0 Å². The normalized spacial score (nSPS) is 16.9. The molecular weight excluding hydrogens is 467 g/mol. The van der Waals surface area contributed by atoms with E-state index in [9.17, 15) is 18.4 Å². The van der Waals surface area contributed by atoms with Crippen molar-refractivity contribution in [2.75, 3.05) is 5.32 Å². The van der Waals surface area contributed by atoms with Crippen molar-refractivity contribution in [3.8, 4) is 0 Å². The zero-order valence-electron chi connectivity index (χ0n) is 20.4. The topological polar surface area (TPSA) is 73.9 Å². The fourth-order valence-electron chi connectivity index (χ4n) is 3.58. The van der Waals surface area contributed by atoms with Crippen LogP contribution in [0.2, 0.25) is 0 Å². The van der Waals surface area contributed by atoms with E-state index in [4.69, 9.17) is 14.0 Å². The van der Waals surface area contributed by atoms with E-state index in [2.05, 4.69) is 5.32 Å². The zero-order chi connectivity index (χ0) is 26.1. The highest BCUT2D eigenvalue weighted by molar-refractivity contribution is 6.62. The summed E-state index contributed by atoms with van der Waals surface area (Å²) in [5.74, 6) is -2.47. The number of hydrogen-bond acceptors (Lipinski definition) is 5. The summed E-state index contributed by atoms with van der Waals surface area (Å²) < 4.78 is 44.2. The van der Waals surface area contributed by atoms with Crippen molar-refractivity contribution < 1.29 is 32.4 Å². The highest BCUT2D eigenvalue weighted by Crippen LogP contribution is 2.36. The minimum absolute atomic E-state index is 0.0723. The summed E-state index contributed by atoms with van der Waals surface area (Å²) in [6, 6.07) is 16.7. The zero-order valence-corrected chi connectivity index (χ0v) is 20.4. The lowest BCUT2D eigenvalue weighted by molar-refractivity contribution is -0.125. The molecule has 3 aromatic rings. The molecule has 1 unspecified atom stereocenters. The molecule has 0 radical (unpaired) electrons. The van der Waals surface area contributed by atoms with Crippen LogP contribution in [-0.2, 0) is 18.8 Å². The molecule has 0 spiro atoms. The number of ether oxygens (including phenoxy) is 1. The van der Waals surface area contributed by atoms with Gasteiger partial charge in [0, 0.05) is 11.3 Å². The molecule has 1 aliphatic rings. The van der Waals surface area contributed by atoms with Gasteiger partial charge in [-0.05, 0) is 81.7 Å². The molecule has 0 saturated carbocycles. The number of rotatable bonds is 6. The van der Waals surface area contributed by atoms with E-state index in [1.807, 2.05) is 27.7 Å².